The Hall–Kier alpha value is -2.12. The van der Waals surface area contributed by atoms with Crippen LogP contribution in [0.2, 0.25) is 0 Å². The van der Waals surface area contributed by atoms with Crippen molar-refractivity contribution in [3.05, 3.63) is 34.2 Å². The summed E-state index contributed by atoms with van der Waals surface area (Å²) in [6.45, 7) is 1.97. The van der Waals surface area contributed by atoms with Gasteiger partial charge in [-0.05, 0) is 56.3 Å². The van der Waals surface area contributed by atoms with Crippen LogP contribution in [0.4, 0.5) is 0 Å². The summed E-state index contributed by atoms with van der Waals surface area (Å²) in [6.07, 6.45) is 2.28. The van der Waals surface area contributed by atoms with Crippen LogP contribution < -0.4 is 11.0 Å². The second-order valence-corrected chi connectivity index (χ2v) is 7.47. The number of aliphatic hydroxyl groups is 1. The number of carbonyl (C=O) groups excluding carboxylic acids is 1. The van der Waals surface area contributed by atoms with Crippen molar-refractivity contribution in [3.8, 4) is 0 Å². The van der Waals surface area contributed by atoms with Gasteiger partial charge in [0.25, 0.3) is 0 Å². The number of nitrogens with one attached hydrogen (secondary N) is 1. The van der Waals surface area contributed by atoms with Gasteiger partial charge >= 0.3 is 5.69 Å². The average molecular weight is 358 g/mol. The topological polar surface area (TPSA) is 79.5 Å². The largest absolute Gasteiger partial charge is 0.374 e. The lowest BCUT2D eigenvalue weighted by atomic mass is 9.89. The van der Waals surface area contributed by atoms with E-state index in [0.29, 0.717) is 18.8 Å². The highest BCUT2D eigenvalue weighted by molar-refractivity contribution is 5.86. The van der Waals surface area contributed by atoms with Crippen molar-refractivity contribution in [2.45, 2.75) is 43.9 Å². The fourth-order valence-electron chi connectivity index (χ4n) is 4.48. The van der Waals surface area contributed by atoms with Crippen LogP contribution in [-0.4, -0.2) is 51.4 Å². The standard InChI is InChI=1S/C19H26N4O3/c1-21-16(24)7-6-15(18(21)25)23-14-5-3-4-13(12-8-10-20-11-9-12)17(14)22(2)19(23)26/h3-5,12,15-16,20,24H,6-11H2,1-2H3. The second-order valence-electron chi connectivity index (χ2n) is 7.47. The molecule has 7 nitrogen and oxygen atoms in total. The first-order chi connectivity index (χ1) is 12.5. The van der Waals surface area contributed by atoms with Crippen LogP contribution in [0.1, 0.15) is 43.2 Å². The van der Waals surface area contributed by atoms with Gasteiger partial charge in [-0.25, -0.2) is 4.79 Å². The van der Waals surface area contributed by atoms with Gasteiger partial charge in [-0.2, -0.15) is 0 Å². The lowest BCUT2D eigenvalue weighted by Gasteiger charge is -2.34. The van der Waals surface area contributed by atoms with Crippen LogP contribution in [-0.2, 0) is 11.8 Å². The fraction of sp³-hybridized carbons (Fsp3) is 0.579. The number of amides is 1. The highest BCUT2D eigenvalue weighted by atomic mass is 16.3. The third kappa shape index (κ3) is 2.57. The third-order valence-electron chi connectivity index (χ3n) is 6.00. The van der Waals surface area contributed by atoms with Crippen molar-refractivity contribution >= 4 is 16.9 Å². The molecule has 1 amide bonds. The minimum absolute atomic E-state index is 0.162. The van der Waals surface area contributed by atoms with Gasteiger partial charge < -0.3 is 15.3 Å². The number of aliphatic hydroxyl groups excluding tert-OH is 1. The maximum atomic E-state index is 13.0. The molecule has 7 heteroatoms. The van der Waals surface area contributed by atoms with Gasteiger partial charge in [0.05, 0.1) is 11.0 Å². The predicted molar refractivity (Wildman–Crippen MR) is 99.1 cm³/mol. The molecule has 2 aliphatic heterocycles. The number of fused-ring (bicyclic) bond motifs is 1. The molecule has 0 radical (unpaired) electrons. The number of rotatable bonds is 2. The molecule has 1 aromatic heterocycles. The summed E-state index contributed by atoms with van der Waals surface area (Å²) in [7, 11) is 3.38. The van der Waals surface area contributed by atoms with Crippen LogP contribution in [0.5, 0.6) is 0 Å². The van der Waals surface area contributed by atoms with Crippen molar-refractivity contribution in [1.82, 2.24) is 19.4 Å². The summed E-state index contributed by atoms with van der Waals surface area (Å²) in [5, 5.41) is 13.3. The smallest absolute Gasteiger partial charge is 0.329 e. The molecule has 26 heavy (non-hydrogen) atoms. The Labute approximate surface area is 152 Å². The van der Waals surface area contributed by atoms with Gasteiger partial charge in [-0.3, -0.25) is 13.9 Å². The molecule has 3 heterocycles. The van der Waals surface area contributed by atoms with E-state index in [-0.39, 0.29) is 11.6 Å². The number of hydrogen-bond donors (Lipinski definition) is 2. The Morgan fingerprint density at radius 2 is 1.81 bits per heavy atom. The van der Waals surface area contributed by atoms with E-state index in [1.165, 1.54) is 10.5 Å². The van der Waals surface area contributed by atoms with Crippen molar-refractivity contribution < 1.29 is 9.90 Å². The number of para-hydroxylation sites is 1. The number of nitrogens with zero attached hydrogens (tertiary/aromatic N) is 3. The van der Waals surface area contributed by atoms with Gasteiger partial charge in [0.15, 0.2) is 0 Å². The molecule has 0 saturated carbocycles. The summed E-state index contributed by atoms with van der Waals surface area (Å²) >= 11 is 0. The summed E-state index contributed by atoms with van der Waals surface area (Å²) in [5.74, 6) is 0.221. The van der Waals surface area contributed by atoms with Crippen LogP contribution in [0, 0.1) is 0 Å². The van der Waals surface area contributed by atoms with Crippen LogP contribution in [0.15, 0.2) is 23.0 Å². The van der Waals surface area contributed by atoms with E-state index in [0.717, 1.165) is 37.0 Å². The SMILES string of the molecule is CN1C(=O)C(n2c(=O)n(C)c3c(C4CCNCC4)cccc32)CCC1O. The molecule has 2 aliphatic rings. The van der Waals surface area contributed by atoms with E-state index >= 15 is 0 Å². The molecule has 2 N–H and O–H groups in total. The van der Waals surface area contributed by atoms with Gasteiger partial charge in [0.1, 0.15) is 12.3 Å². The summed E-state index contributed by atoms with van der Waals surface area (Å²) < 4.78 is 3.32. The predicted octanol–water partition coefficient (Wildman–Crippen LogP) is 0.919. The molecule has 140 valence electrons. The Morgan fingerprint density at radius 3 is 2.54 bits per heavy atom. The molecular weight excluding hydrogens is 332 g/mol. The fourth-order valence-corrected chi connectivity index (χ4v) is 4.48. The van der Waals surface area contributed by atoms with E-state index in [1.807, 2.05) is 12.1 Å². The van der Waals surface area contributed by atoms with E-state index < -0.39 is 12.3 Å². The van der Waals surface area contributed by atoms with Gasteiger partial charge in [0.2, 0.25) is 5.91 Å². The van der Waals surface area contributed by atoms with Crippen LogP contribution in [0.3, 0.4) is 0 Å². The minimum atomic E-state index is -0.769. The Morgan fingerprint density at radius 1 is 1.08 bits per heavy atom. The minimum Gasteiger partial charge on any atom is -0.374 e. The van der Waals surface area contributed by atoms with Gasteiger partial charge in [0, 0.05) is 14.1 Å². The number of piperidine rings is 2. The van der Waals surface area contributed by atoms with E-state index in [9.17, 15) is 14.7 Å². The molecule has 2 aromatic rings. The molecule has 4 rings (SSSR count). The molecular formula is C19H26N4O3. The molecule has 2 saturated heterocycles. The van der Waals surface area contributed by atoms with Crippen molar-refractivity contribution in [2.24, 2.45) is 7.05 Å². The lowest BCUT2D eigenvalue weighted by Crippen LogP contribution is -2.47. The molecule has 0 aliphatic carbocycles. The number of likely N-dealkylation sites (N-methyl/N-ethyl adjacent to an activating group) is 1. The van der Waals surface area contributed by atoms with Crippen LogP contribution >= 0.6 is 0 Å². The second kappa shape index (κ2) is 6.55. The van der Waals surface area contributed by atoms with Crippen molar-refractivity contribution in [1.29, 1.82) is 0 Å². The first-order valence-electron chi connectivity index (χ1n) is 9.36. The van der Waals surface area contributed by atoms with Crippen molar-refractivity contribution in [3.63, 3.8) is 0 Å². The van der Waals surface area contributed by atoms with E-state index in [1.54, 1.807) is 23.2 Å². The Kier molecular flexibility index (Phi) is 4.36. The monoisotopic (exact) mass is 358 g/mol. The molecule has 2 atom stereocenters. The number of aromatic nitrogens is 2. The maximum absolute atomic E-state index is 13.0. The molecule has 1 aromatic carbocycles. The highest BCUT2D eigenvalue weighted by Gasteiger charge is 2.35. The van der Waals surface area contributed by atoms with E-state index in [2.05, 4.69) is 11.4 Å². The molecule has 2 unspecified atom stereocenters. The number of carbonyl (C=O) groups is 1. The summed E-state index contributed by atoms with van der Waals surface area (Å²) in [5.41, 5.74) is 2.78. The number of hydrogen-bond acceptors (Lipinski definition) is 4. The number of benzene rings is 1. The summed E-state index contributed by atoms with van der Waals surface area (Å²) in [6, 6.07) is 5.48. The van der Waals surface area contributed by atoms with E-state index in [4.69, 9.17) is 0 Å². The molecule has 0 spiro atoms. The Balaban J connectivity index is 1.85. The molecule has 0 bridgehead atoms. The number of likely N-dealkylation sites (tertiary alicyclic amines) is 1. The van der Waals surface area contributed by atoms with Crippen LogP contribution in [0.25, 0.3) is 11.0 Å². The number of aryl methyl sites for hydroxylation is 1. The quantitative estimate of drug-likeness (QED) is 0.837. The summed E-state index contributed by atoms with van der Waals surface area (Å²) in [4.78, 5) is 27.1. The lowest BCUT2D eigenvalue weighted by molar-refractivity contribution is -0.148. The third-order valence-corrected chi connectivity index (χ3v) is 6.00. The van der Waals surface area contributed by atoms with Gasteiger partial charge in [-0.15, -0.1) is 0 Å². The Bertz CT molecular complexity index is 894. The first-order valence-corrected chi connectivity index (χ1v) is 9.36. The van der Waals surface area contributed by atoms with Gasteiger partial charge in [-0.1, -0.05) is 12.1 Å². The first kappa shape index (κ1) is 17.3. The normalized spacial score (nSPS) is 25.2. The average Bonchev–Trinajstić information content (AvgIpc) is 2.92. The highest BCUT2D eigenvalue weighted by Crippen LogP contribution is 2.33. The number of imidazole rings is 1. The maximum Gasteiger partial charge on any atom is 0.329 e. The zero-order chi connectivity index (χ0) is 18.4. The zero-order valence-electron chi connectivity index (χ0n) is 15.3. The zero-order valence-corrected chi connectivity index (χ0v) is 15.3. The molecule has 2 fully saturated rings. The van der Waals surface area contributed by atoms with Crippen molar-refractivity contribution in [2.75, 3.05) is 20.1 Å².